The van der Waals surface area contributed by atoms with Crippen LogP contribution in [0.2, 0.25) is 5.02 Å². The van der Waals surface area contributed by atoms with Gasteiger partial charge in [-0.25, -0.2) is 0 Å². The van der Waals surface area contributed by atoms with E-state index in [4.69, 9.17) is 28.6 Å². The second-order valence-corrected chi connectivity index (χ2v) is 6.68. The second-order valence-electron chi connectivity index (χ2n) is 5.89. The maximum atomic E-state index is 12.7. The molecule has 0 aromatic heterocycles. The van der Waals surface area contributed by atoms with Crippen LogP contribution in [0.3, 0.4) is 0 Å². The first-order chi connectivity index (χ1) is 12.6. The number of rotatable bonds is 6. The zero-order valence-corrected chi connectivity index (χ0v) is 15.9. The third-order valence-electron chi connectivity index (χ3n) is 3.91. The van der Waals surface area contributed by atoms with Crippen LogP contribution in [0.1, 0.15) is 24.5 Å². The van der Waals surface area contributed by atoms with E-state index in [1.807, 2.05) is 42.5 Å². The van der Waals surface area contributed by atoms with E-state index in [9.17, 15) is 4.79 Å². The lowest BCUT2D eigenvalue weighted by atomic mass is 10.1. The third-order valence-corrected chi connectivity index (χ3v) is 4.60. The SMILES string of the molecule is CCCOc1ccc(/C=C2\NC(=S)N(Cc3ccccc3Cl)C2=O)cc1. The van der Waals surface area contributed by atoms with E-state index in [-0.39, 0.29) is 5.91 Å². The fourth-order valence-corrected chi connectivity index (χ4v) is 3.01. The van der Waals surface area contributed by atoms with Crippen LogP contribution in [0, 0.1) is 0 Å². The molecule has 2 aromatic rings. The minimum atomic E-state index is -0.166. The number of halogens is 1. The molecule has 0 aliphatic carbocycles. The van der Waals surface area contributed by atoms with Gasteiger partial charge in [0.05, 0.1) is 13.2 Å². The normalized spacial score (nSPS) is 15.5. The smallest absolute Gasteiger partial charge is 0.276 e. The van der Waals surface area contributed by atoms with Crippen molar-refractivity contribution in [1.82, 2.24) is 10.2 Å². The van der Waals surface area contributed by atoms with E-state index in [1.54, 1.807) is 12.1 Å². The molecule has 0 saturated carbocycles. The lowest BCUT2D eigenvalue weighted by Crippen LogP contribution is -2.30. The molecule has 26 heavy (non-hydrogen) atoms. The molecule has 4 nitrogen and oxygen atoms in total. The van der Waals surface area contributed by atoms with Crippen molar-refractivity contribution < 1.29 is 9.53 Å². The van der Waals surface area contributed by atoms with Crippen molar-refractivity contribution in [3.63, 3.8) is 0 Å². The maximum absolute atomic E-state index is 12.7. The summed E-state index contributed by atoms with van der Waals surface area (Å²) < 4.78 is 5.57. The van der Waals surface area contributed by atoms with Gasteiger partial charge >= 0.3 is 0 Å². The summed E-state index contributed by atoms with van der Waals surface area (Å²) in [6.07, 6.45) is 2.74. The van der Waals surface area contributed by atoms with E-state index in [0.29, 0.717) is 29.0 Å². The molecule has 0 unspecified atom stereocenters. The molecule has 1 aliphatic rings. The standard InChI is InChI=1S/C20H19ClN2O2S/c1-2-11-25-16-9-7-14(8-10-16)12-18-19(24)23(20(26)22-18)13-15-5-3-4-6-17(15)21/h3-10,12H,2,11,13H2,1H3,(H,22,26)/b18-12-. The zero-order chi connectivity index (χ0) is 18.5. The van der Waals surface area contributed by atoms with Gasteiger partial charge in [-0.05, 0) is 54.0 Å². The first-order valence-corrected chi connectivity index (χ1v) is 9.18. The van der Waals surface area contributed by atoms with Gasteiger partial charge < -0.3 is 10.1 Å². The highest BCUT2D eigenvalue weighted by molar-refractivity contribution is 7.80. The predicted molar refractivity (Wildman–Crippen MR) is 108 cm³/mol. The highest BCUT2D eigenvalue weighted by Gasteiger charge is 2.30. The van der Waals surface area contributed by atoms with E-state index in [2.05, 4.69) is 12.2 Å². The van der Waals surface area contributed by atoms with Crippen LogP contribution in [-0.4, -0.2) is 22.5 Å². The molecule has 2 aromatic carbocycles. The second kappa shape index (κ2) is 8.34. The molecule has 1 saturated heterocycles. The number of amides is 1. The molecule has 1 amide bonds. The molecule has 0 bridgehead atoms. The molecule has 134 valence electrons. The van der Waals surface area contributed by atoms with E-state index >= 15 is 0 Å². The summed E-state index contributed by atoms with van der Waals surface area (Å²) in [5.41, 5.74) is 2.20. The predicted octanol–water partition coefficient (Wildman–Crippen LogP) is 4.39. The van der Waals surface area contributed by atoms with Crippen molar-refractivity contribution in [2.45, 2.75) is 19.9 Å². The van der Waals surface area contributed by atoms with Crippen molar-refractivity contribution in [2.75, 3.05) is 6.61 Å². The van der Waals surface area contributed by atoms with Crippen molar-refractivity contribution in [3.8, 4) is 5.75 Å². The Labute approximate surface area is 163 Å². The summed E-state index contributed by atoms with van der Waals surface area (Å²) >= 11 is 11.5. The summed E-state index contributed by atoms with van der Waals surface area (Å²) in [6.45, 7) is 3.09. The molecule has 1 heterocycles. The summed E-state index contributed by atoms with van der Waals surface area (Å²) in [7, 11) is 0. The van der Waals surface area contributed by atoms with Gasteiger partial charge in [-0.3, -0.25) is 9.69 Å². The number of nitrogens with one attached hydrogen (secondary N) is 1. The molecule has 0 radical (unpaired) electrons. The largest absolute Gasteiger partial charge is 0.494 e. The highest BCUT2D eigenvalue weighted by atomic mass is 35.5. The average molecular weight is 387 g/mol. The molecule has 3 rings (SSSR count). The molecule has 6 heteroatoms. The number of thiocarbonyl (C=S) groups is 1. The van der Waals surface area contributed by atoms with Gasteiger partial charge in [0.2, 0.25) is 0 Å². The molecular formula is C20H19ClN2O2S. The topological polar surface area (TPSA) is 41.6 Å². The monoisotopic (exact) mass is 386 g/mol. The van der Waals surface area contributed by atoms with Crippen molar-refractivity contribution >= 4 is 40.9 Å². The molecule has 1 N–H and O–H groups in total. The first kappa shape index (κ1) is 18.4. The Morgan fingerprint density at radius 1 is 1.19 bits per heavy atom. The number of benzene rings is 2. The summed E-state index contributed by atoms with van der Waals surface area (Å²) in [5.74, 6) is 0.650. The van der Waals surface area contributed by atoms with Gasteiger partial charge in [0, 0.05) is 5.02 Å². The first-order valence-electron chi connectivity index (χ1n) is 8.39. The maximum Gasteiger partial charge on any atom is 0.276 e. The number of hydrogen-bond donors (Lipinski definition) is 1. The van der Waals surface area contributed by atoms with E-state index in [0.717, 1.165) is 23.3 Å². The van der Waals surface area contributed by atoms with Gasteiger partial charge in [0.1, 0.15) is 11.4 Å². The molecular weight excluding hydrogens is 368 g/mol. The van der Waals surface area contributed by atoms with Crippen LogP contribution in [0.25, 0.3) is 6.08 Å². The molecule has 1 fully saturated rings. The molecule has 0 atom stereocenters. The average Bonchev–Trinajstić information content (AvgIpc) is 2.90. The summed E-state index contributed by atoms with van der Waals surface area (Å²) in [4.78, 5) is 14.2. The van der Waals surface area contributed by atoms with Gasteiger partial charge in [0.25, 0.3) is 5.91 Å². The van der Waals surface area contributed by atoms with Gasteiger partial charge in [-0.1, -0.05) is 48.9 Å². The Balaban J connectivity index is 1.73. The number of ether oxygens (including phenoxy) is 1. The Bertz CT molecular complexity index is 849. The van der Waals surface area contributed by atoms with Crippen LogP contribution in [0.15, 0.2) is 54.2 Å². The zero-order valence-electron chi connectivity index (χ0n) is 14.4. The van der Waals surface area contributed by atoms with Gasteiger partial charge in [-0.2, -0.15) is 0 Å². The number of carbonyl (C=O) groups excluding carboxylic acids is 1. The van der Waals surface area contributed by atoms with E-state index in [1.165, 1.54) is 4.90 Å². The van der Waals surface area contributed by atoms with Gasteiger partial charge in [-0.15, -0.1) is 0 Å². The number of nitrogens with zero attached hydrogens (tertiary/aromatic N) is 1. The van der Waals surface area contributed by atoms with Crippen LogP contribution >= 0.6 is 23.8 Å². The summed E-state index contributed by atoms with van der Waals surface area (Å²) in [6, 6.07) is 15.0. The van der Waals surface area contributed by atoms with Crippen LogP contribution in [-0.2, 0) is 11.3 Å². The fourth-order valence-electron chi connectivity index (χ4n) is 2.56. The third kappa shape index (κ3) is 4.23. The number of carbonyl (C=O) groups is 1. The lowest BCUT2D eigenvalue weighted by Gasteiger charge is -2.14. The Morgan fingerprint density at radius 3 is 2.62 bits per heavy atom. The highest BCUT2D eigenvalue weighted by Crippen LogP contribution is 2.22. The Morgan fingerprint density at radius 2 is 1.92 bits per heavy atom. The minimum Gasteiger partial charge on any atom is -0.494 e. The Hall–Kier alpha value is -2.37. The number of hydrogen-bond acceptors (Lipinski definition) is 3. The summed E-state index contributed by atoms with van der Waals surface area (Å²) in [5, 5.41) is 3.98. The molecule has 1 aliphatic heterocycles. The van der Waals surface area contributed by atoms with Gasteiger partial charge in [0.15, 0.2) is 5.11 Å². The lowest BCUT2D eigenvalue weighted by molar-refractivity contribution is -0.122. The molecule has 0 spiro atoms. The Kier molecular flexibility index (Phi) is 5.91. The van der Waals surface area contributed by atoms with Crippen molar-refractivity contribution in [2.24, 2.45) is 0 Å². The van der Waals surface area contributed by atoms with Crippen LogP contribution in [0.5, 0.6) is 5.75 Å². The van der Waals surface area contributed by atoms with Crippen LogP contribution < -0.4 is 10.1 Å². The van der Waals surface area contributed by atoms with Crippen molar-refractivity contribution in [3.05, 3.63) is 70.4 Å². The van der Waals surface area contributed by atoms with E-state index < -0.39 is 0 Å². The minimum absolute atomic E-state index is 0.166. The fraction of sp³-hybridized carbons (Fsp3) is 0.200. The quantitative estimate of drug-likeness (QED) is 0.590. The van der Waals surface area contributed by atoms with Crippen molar-refractivity contribution in [1.29, 1.82) is 0 Å². The van der Waals surface area contributed by atoms with Crippen LogP contribution in [0.4, 0.5) is 0 Å².